The fourth-order valence-corrected chi connectivity index (χ4v) is 3.28. The van der Waals surface area contributed by atoms with Crippen molar-refractivity contribution in [3.63, 3.8) is 0 Å². The van der Waals surface area contributed by atoms with Crippen molar-refractivity contribution < 1.29 is 4.74 Å². The Hall–Kier alpha value is -1.84. The third-order valence-electron chi connectivity index (χ3n) is 3.27. The molecule has 0 spiro atoms. The molecule has 0 aliphatic carbocycles. The van der Waals surface area contributed by atoms with E-state index < -0.39 is 0 Å². The third-order valence-corrected chi connectivity index (χ3v) is 4.41. The third kappa shape index (κ3) is 2.55. The van der Waals surface area contributed by atoms with Crippen LogP contribution in [0, 0.1) is 0 Å². The van der Waals surface area contributed by atoms with Gasteiger partial charge in [-0.2, -0.15) is 0 Å². The summed E-state index contributed by atoms with van der Waals surface area (Å²) in [6, 6.07) is 14.4. The van der Waals surface area contributed by atoms with Gasteiger partial charge in [0.2, 0.25) is 0 Å². The average Bonchev–Trinajstić information content (AvgIpc) is 2.97. The van der Waals surface area contributed by atoms with E-state index in [-0.39, 0.29) is 21.0 Å². The Morgan fingerprint density at radius 3 is 2.65 bits per heavy atom. The van der Waals surface area contributed by atoms with Crippen LogP contribution in [-0.4, -0.2) is 30.0 Å². The van der Waals surface area contributed by atoms with Crippen molar-refractivity contribution in [2.75, 3.05) is 12.4 Å². The molecule has 0 saturated carbocycles. The van der Waals surface area contributed by atoms with E-state index in [1.807, 2.05) is 24.3 Å². The Morgan fingerprint density at radius 2 is 1.90 bits per heavy atom. The Bertz CT molecular complexity index is 708. The molecule has 1 aromatic heterocycles. The van der Waals surface area contributed by atoms with Crippen LogP contribution in [0.2, 0.25) is 0 Å². The molecule has 0 amide bonds. The second-order valence-electron chi connectivity index (χ2n) is 4.58. The van der Waals surface area contributed by atoms with Crippen LogP contribution in [-0.2, 0) is 0 Å². The van der Waals surface area contributed by atoms with Gasteiger partial charge in [0, 0.05) is 0 Å². The molecule has 3 rings (SSSR count). The molecular weight excluding hydrogens is 317 g/mol. The molecule has 102 valence electrons. The molecule has 1 N–H and O–H groups in total. The molecule has 0 aliphatic heterocycles. The van der Waals surface area contributed by atoms with E-state index in [0.29, 0.717) is 0 Å². The summed E-state index contributed by atoms with van der Waals surface area (Å²) >= 11 is 0.00344. The summed E-state index contributed by atoms with van der Waals surface area (Å²) in [6.45, 7) is 2.14. The molecule has 3 aromatic rings. The van der Waals surface area contributed by atoms with Crippen molar-refractivity contribution in [2.45, 2.75) is 13.0 Å². The molecule has 0 bridgehead atoms. The molecule has 0 saturated heterocycles. The summed E-state index contributed by atoms with van der Waals surface area (Å²) in [7, 11) is 1.68. The number of hydrogen-bond acceptors (Lipinski definition) is 4. The molecule has 0 fully saturated rings. The topological polar surface area (TPSA) is 47.0 Å². The van der Waals surface area contributed by atoms with Crippen LogP contribution in [0.1, 0.15) is 18.5 Å². The first-order valence-electron chi connectivity index (χ1n) is 6.39. The molecule has 1 unspecified atom stereocenters. The van der Waals surface area contributed by atoms with Crippen LogP contribution in [0.4, 0.5) is 5.69 Å². The first kappa shape index (κ1) is 13.2. The quantitative estimate of drug-likeness (QED) is 0.747. The van der Waals surface area contributed by atoms with Crippen molar-refractivity contribution >= 4 is 31.7 Å². The zero-order valence-electron chi connectivity index (χ0n) is 11.3. The number of benzene rings is 2. The van der Waals surface area contributed by atoms with E-state index in [0.717, 1.165) is 22.5 Å². The van der Waals surface area contributed by atoms with Gasteiger partial charge in [0.25, 0.3) is 0 Å². The van der Waals surface area contributed by atoms with Crippen molar-refractivity contribution in [1.82, 2.24) is 7.96 Å². The Labute approximate surface area is 124 Å². The van der Waals surface area contributed by atoms with E-state index in [2.05, 4.69) is 38.4 Å². The fraction of sp³-hybridized carbons (Fsp3) is 0.200. The zero-order valence-corrected chi connectivity index (χ0v) is 13.0. The summed E-state index contributed by atoms with van der Waals surface area (Å²) in [5, 5.41) is 3.51. The fourth-order valence-electron chi connectivity index (χ4n) is 2.13. The number of hydrogen-bond donors (Lipinski definition) is 1. The minimum absolute atomic E-state index is 0.00344. The van der Waals surface area contributed by atoms with Crippen LogP contribution in [0.25, 0.3) is 11.0 Å². The summed E-state index contributed by atoms with van der Waals surface area (Å²) in [4.78, 5) is 0. The molecular formula is C15H15N3OSe. The SMILES string of the molecule is COc1ccc(C(C)Nc2cccc3n[se]nc23)cc1. The predicted octanol–water partition coefficient (Wildman–Crippen LogP) is 2.87. The van der Waals surface area contributed by atoms with Crippen molar-refractivity contribution in [3.05, 3.63) is 48.0 Å². The van der Waals surface area contributed by atoms with Crippen LogP contribution in [0.3, 0.4) is 0 Å². The van der Waals surface area contributed by atoms with Gasteiger partial charge >= 0.3 is 124 Å². The monoisotopic (exact) mass is 333 g/mol. The standard InChI is InChI=1S/C15H15N3OSe/c1-10(11-6-8-12(19-2)9-7-11)16-13-4-3-5-14-15(13)18-20-17-14/h3-10,16H,1-2H3. The molecule has 20 heavy (non-hydrogen) atoms. The minimum atomic E-state index is 0.00344. The van der Waals surface area contributed by atoms with Gasteiger partial charge in [0.15, 0.2) is 0 Å². The average molecular weight is 332 g/mol. The number of fused-ring (bicyclic) bond motifs is 1. The van der Waals surface area contributed by atoms with Gasteiger partial charge in [-0.3, -0.25) is 0 Å². The summed E-state index contributed by atoms with van der Waals surface area (Å²) in [6.07, 6.45) is 0. The van der Waals surface area contributed by atoms with Gasteiger partial charge in [-0.1, -0.05) is 0 Å². The van der Waals surface area contributed by atoms with Crippen molar-refractivity contribution in [2.24, 2.45) is 0 Å². The van der Waals surface area contributed by atoms with E-state index in [4.69, 9.17) is 4.74 Å². The van der Waals surface area contributed by atoms with Crippen molar-refractivity contribution in [1.29, 1.82) is 0 Å². The van der Waals surface area contributed by atoms with E-state index in [1.165, 1.54) is 5.56 Å². The second-order valence-corrected chi connectivity index (χ2v) is 5.69. The molecule has 1 heterocycles. The Kier molecular flexibility index (Phi) is 3.72. The van der Waals surface area contributed by atoms with Gasteiger partial charge in [0.05, 0.1) is 0 Å². The summed E-state index contributed by atoms with van der Waals surface area (Å²) < 4.78 is 14.1. The molecule has 4 nitrogen and oxygen atoms in total. The van der Waals surface area contributed by atoms with Gasteiger partial charge in [0.1, 0.15) is 0 Å². The summed E-state index contributed by atoms with van der Waals surface area (Å²) in [5.74, 6) is 0.873. The maximum atomic E-state index is 5.18. The number of nitrogens with one attached hydrogen (secondary N) is 1. The van der Waals surface area contributed by atoms with Crippen LogP contribution in [0.5, 0.6) is 5.75 Å². The normalized spacial score (nSPS) is 12.3. The molecule has 0 aliphatic rings. The molecule has 0 radical (unpaired) electrons. The predicted molar refractivity (Wildman–Crippen MR) is 81.5 cm³/mol. The van der Waals surface area contributed by atoms with E-state index in [1.54, 1.807) is 7.11 Å². The van der Waals surface area contributed by atoms with E-state index in [9.17, 15) is 0 Å². The van der Waals surface area contributed by atoms with Gasteiger partial charge < -0.3 is 0 Å². The van der Waals surface area contributed by atoms with Crippen molar-refractivity contribution in [3.8, 4) is 5.75 Å². The molecule has 5 heteroatoms. The van der Waals surface area contributed by atoms with E-state index >= 15 is 0 Å². The zero-order chi connectivity index (χ0) is 13.9. The first-order valence-corrected chi connectivity index (χ1v) is 7.93. The number of methoxy groups -OCH3 is 1. The molecule has 2 aromatic carbocycles. The summed E-state index contributed by atoms with van der Waals surface area (Å²) in [5.41, 5.74) is 4.25. The van der Waals surface area contributed by atoms with Gasteiger partial charge in [-0.25, -0.2) is 0 Å². The van der Waals surface area contributed by atoms with Crippen LogP contribution in [0.15, 0.2) is 42.5 Å². The number of anilines is 1. The number of nitrogens with zero attached hydrogens (tertiary/aromatic N) is 2. The van der Waals surface area contributed by atoms with Gasteiger partial charge in [-0.15, -0.1) is 0 Å². The number of ether oxygens (including phenoxy) is 1. The maximum absolute atomic E-state index is 5.18. The van der Waals surface area contributed by atoms with Gasteiger partial charge in [-0.05, 0) is 0 Å². The molecule has 1 atom stereocenters. The first-order chi connectivity index (χ1) is 9.78. The number of aromatic nitrogens is 2. The number of rotatable bonds is 4. The Morgan fingerprint density at radius 1 is 1.10 bits per heavy atom. The van der Waals surface area contributed by atoms with Crippen LogP contribution >= 0.6 is 0 Å². The Balaban J connectivity index is 1.84. The van der Waals surface area contributed by atoms with Crippen LogP contribution < -0.4 is 10.1 Å². The second kappa shape index (κ2) is 5.65.